The number of phenols is 1. The first-order valence-electron chi connectivity index (χ1n) is 2.96. The average molecular weight is 172 g/mol. The standard InChI is InChI=1S/C6H6BClO3/c8-6-4(7(10)11)2-1-3-5(6)9/h1-3,9-11H. The number of hydrogen-bond donors (Lipinski definition) is 3. The number of hydrogen-bond acceptors (Lipinski definition) is 3. The first kappa shape index (κ1) is 8.39. The van der Waals surface area contributed by atoms with Gasteiger partial charge in [-0.25, -0.2) is 0 Å². The maximum Gasteiger partial charge on any atom is 0.490 e. The Bertz CT molecular complexity index is 264. The van der Waals surface area contributed by atoms with E-state index < -0.39 is 7.12 Å². The molecule has 0 aromatic heterocycles. The molecule has 0 radical (unpaired) electrons. The molecule has 0 aliphatic rings. The zero-order valence-electron chi connectivity index (χ0n) is 5.53. The Balaban J connectivity index is 3.17. The Morgan fingerprint density at radius 2 is 1.91 bits per heavy atom. The summed E-state index contributed by atoms with van der Waals surface area (Å²) in [5, 5.41) is 26.3. The zero-order valence-corrected chi connectivity index (χ0v) is 6.28. The van der Waals surface area contributed by atoms with Gasteiger partial charge in [-0.3, -0.25) is 0 Å². The van der Waals surface area contributed by atoms with E-state index in [1.165, 1.54) is 18.2 Å². The van der Waals surface area contributed by atoms with E-state index in [0.717, 1.165) is 0 Å². The molecule has 0 bridgehead atoms. The molecule has 5 heteroatoms. The van der Waals surface area contributed by atoms with Gasteiger partial charge in [0.15, 0.2) is 0 Å². The van der Waals surface area contributed by atoms with E-state index in [1.807, 2.05) is 0 Å². The number of rotatable bonds is 1. The van der Waals surface area contributed by atoms with Crippen LogP contribution in [0.25, 0.3) is 0 Å². The van der Waals surface area contributed by atoms with Gasteiger partial charge in [0.2, 0.25) is 0 Å². The minimum atomic E-state index is -1.64. The van der Waals surface area contributed by atoms with E-state index in [-0.39, 0.29) is 16.2 Å². The van der Waals surface area contributed by atoms with Crippen molar-refractivity contribution in [1.29, 1.82) is 0 Å². The molecule has 1 aromatic carbocycles. The van der Waals surface area contributed by atoms with E-state index in [4.69, 9.17) is 26.8 Å². The van der Waals surface area contributed by atoms with Crippen molar-refractivity contribution in [2.45, 2.75) is 0 Å². The summed E-state index contributed by atoms with van der Waals surface area (Å²) in [5.74, 6) is -0.155. The quantitative estimate of drug-likeness (QED) is 0.511. The van der Waals surface area contributed by atoms with Crippen molar-refractivity contribution in [3.8, 4) is 5.75 Å². The third-order valence-corrected chi connectivity index (χ3v) is 1.70. The van der Waals surface area contributed by atoms with Gasteiger partial charge in [0.25, 0.3) is 0 Å². The van der Waals surface area contributed by atoms with Crippen molar-refractivity contribution in [1.82, 2.24) is 0 Å². The fourth-order valence-corrected chi connectivity index (χ4v) is 0.960. The Morgan fingerprint density at radius 1 is 1.27 bits per heavy atom. The maximum atomic E-state index is 8.99. The van der Waals surface area contributed by atoms with E-state index in [1.54, 1.807) is 0 Å². The highest BCUT2D eigenvalue weighted by atomic mass is 35.5. The molecule has 0 saturated heterocycles. The molecule has 3 nitrogen and oxygen atoms in total. The Kier molecular flexibility index (Phi) is 2.39. The largest absolute Gasteiger partial charge is 0.506 e. The highest BCUT2D eigenvalue weighted by Gasteiger charge is 2.16. The minimum absolute atomic E-state index is 0.0255. The molecular weight excluding hydrogens is 166 g/mol. The van der Waals surface area contributed by atoms with Crippen LogP contribution in [0.15, 0.2) is 18.2 Å². The third-order valence-electron chi connectivity index (χ3n) is 1.29. The van der Waals surface area contributed by atoms with Gasteiger partial charge in [0.1, 0.15) is 5.75 Å². The van der Waals surface area contributed by atoms with Gasteiger partial charge in [0, 0.05) is 5.46 Å². The molecule has 0 amide bonds. The summed E-state index contributed by atoms with van der Waals surface area (Å²) in [6, 6.07) is 4.27. The fraction of sp³-hybridized carbons (Fsp3) is 0. The van der Waals surface area contributed by atoms with Crippen LogP contribution in [0.1, 0.15) is 0 Å². The molecule has 0 fully saturated rings. The number of benzene rings is 1. The van der Waals surface area contributed by atoms with Crippen LogP contribution in [0.5, 0.6) is 5.75 Å². The lowest BCUT2D eigenvalue weighted by atomic mass is 9.80. The summed E-state index contributed by atoms with van der Waals surface area (Å²) >= 11 is 5.52. The number of phenolic OH excluding ortho intramolecular Hbond substituents is 1. The van der Waals surface area contributed by atoms with Crippen molar-refractivity contribution in [3.05, 3.63) is 23.2 Å². The van der Waals surface area contributed by atoms with Crippen LogP contribution in [-0.2, 0) is 0 Å². The van der Waals surface area contributed by atoms with E-state index in [2.05, 4.69) is 0 Å². The molecule has 0 saturated carbocycles. The average Bonchev–Trinajstić information content (AvgIpc) is 1.94. The summed E-state index contributed by atoms with van der Waals surface area (Å²) in [6.45, 7) is 0. The van der Waals surface area contributed by atoms with Gasteiger partial charge in [-0.15, -0.1) is 0 Å². The van der Waals surface area contributed by atoms with Gasteiger partial charge in [-0.2, -0.15) is 0 Å². The van der Waals surface area contributed by atoms with Gasteiger partial charge in [0.05, 0.1) is 5.02 Å². The normalized spacial score (nSPS) is 9.73. The highest BCUT2D eigenvalue weighted by Crippen LogP contribution is 2.19. The molecule has 1 aromatic rings. The Morgan fingerprint density at radius 3 is 2.36 bits per heavy atom. The molecule has 0 aliphatic carbocycles. The van der Waals surface area contributed by atoms with Crippen molar-refractivity contribution < 1.29 is 15.2 Å². The SMILES string of the molecule is OB(O)c1cccc(O)c1Cl. The second-order valence-corrected chi connectivity index (χ2v) is 2.43. The molecule has 0 spiro atoms. The van der Waals surface area contributed by atoms with E-state index in [9.17, 15) is 0 Å². The Labute approximate surface area is 69.0 Å². The van der Waals surface area contributed by atoms with Gasteiger partial charge >= 0.3 is 7.12 Å². The van der Waals surface area contributed by atoms with Crippen LogP contribution in [0.4, 0.5) is 0 Å². The van der Waals surface area contributed by atoms with Crippen molar-refractivity contribution in [3.63, 3.8) is 0 Å². The number of aromatic hydroxyl groups is 1. The summed E-state index contributed by atoms with van der Waals surface area (Å²) in [7, 11) is -1.64. The molecular formula is C6H6BClO3. The van der Waals surface area contributed by atoms with Crippen LogP contribution >= 0.6 is 11.6 Å². The van der Waals surface area contributed by atoms with Gasteiger partial charge < -0.3 is 15.2 Å². The summed E-state index contributed by atoms with van der Waals surface area (Å²) in [4.78, 5) is 0. The lowest BCUT2D eigenvalue weighted by Gasteiger charge is -2.02. The summed E-state index contributed by atoms with van der Waals surface area (Å²) in [5.41, 5.74) is 0.103. The van der Waals surface area contributed by atoms with Gasteiger partial charge in [-0.05, 0) is 6.07 Å². The highest BCUT2D eigenvalue weighted by molar-refractivity contribution is 6.63. The second-order valence-electron chi connectivity index (χ2n) is 2.05. The van der Waals surface area contributed by atoms with Crippen molar-refractivity contribution in [2.24, 2.45) is 0 Å². The molecule has 0 unspecified atom stereocenters. The fourth-order valence-electron chi connectivity index (χ4n) is 0.737. The van der Waals surface area contributed by atoms with Crippen LogP contribution in [0.2, 0.25) is 5.02 Å². The predicted octanol–water partition coefficient (Wildman–Crippen LogP) is -0.275. The van der Waals surface area contributed by atoms with Gasteiger partial charge in [-0.1, -0.05) is 23.7 Å². The van der Waals surface area contributed by atoms with Crippen LogP contribution in [0, 0.1) is 0 Å². The minimum Gasteiger partial charge on any atom is -0.506 e. The molecule has 3 N–H and O–H groups in total. The van der Waals surface area contributed by atoms with E-state index >= 15 is 0 Å². The second kappa shape index (κ2) is 3.13. The summed E-state index contributed by atoms with van der Waals surface area (Å²) < 4.78 is 0. The van der Waals surface area contributed by atoms with Crippen molar-refractivity contribution >= 4 is 24.2 Å². The monoisotopic (exact) mass is 172 g/mol. The predicted molar refractivity (Wildman–Crippen MR) is 42.9 cm³/mol. The van der Waals surface area contributed by atoms with Crippen LogP contribution in [0.3, 0.4) is 0 Å². The Hall–Kier alpha value is -0.705. The smallest absolute Gasteiger partial charge is 0.490 e. The molecule has 0 atom stereocenters. The molecule has 0 aliphatic heterocycles. The van der Waals surface area contributed by atoms with Crippen LogP contribution in [-0.4, -0.2) is 22.3 Å². The molecule has 58 valence electrons. The zero-order chi connectivity index (χ0) is 8.43. The lowest BCUT2D eigenvalue weighted by Crippen LogP contribution is -2.30. The first-order chi connectivity index (χ1) is 5.13. The van der Waals surface area contributed by atoms with Crippen LogP contribution < -0.4 is 5.46 Å². The third kappa shape index (κ3) is 1.65. The molecule has 11 heavy (non-hydrogen) atoms. The first-order valence-corrected chi connectivity index (χ1v) is 3.34. The molecule has 0 heterocycles. The topological polar surface area (TPSA) is 60.7 Å². The number of halogens is 1. The maximum absolute atomic E-state index is 8.99. The van der Waals surface area contributed by atoms with E-state index in [0.29, 0.717) is 0 Å². The van der Waals surface area contributed by atoms with Crippen molar-refractivity contribution in [2.75, 3.05) is 0 Å². The summed E-state index contributed by atoms with van der Waals surface area (Å²) in [6.07, 6.45) is 0. The molecule has 1 rings (SSSR count). The lowest BCUT2D eigenvalue weighted by molar-refractivity contribution is 0.424.